The minimum atomic E-state index is -3.82. The molecule has 0 unspecified atom stereocenters. The number of fused-ring (bicyclic) bond motifs is 1. The molecule has 1 aliphatic rings. The van der Waals surface area contributed by atoms with Crippen LogP contribution in [0.4, 0.5) is 0 Å². The molecule has 88 valence electrons. The van der Waals surface area contributed by atoms with Crippen molar-refractivity contribution in [2.24, 2.45) is 0 Å². The fourth-order valence-electron chi connectivity index (χ4n) is 1.66. The van der Waals surface area contributed by atoms with Crippen molar-refractivity contribution in [2.75, 3.05) is 14.2 Å². The Kier molecular flexibility index (Phi) is 2.75. The summed E-state index contributed by atoms with van der Waals surface area (Å²) >= 11 is 0. The molecular weight excluding hydrogens is 232 g/mol. The second-order valence-electron chi connectivity index (χ2n) is 3.41. The first-order valence-electron chi connectivity index (χ1n) is 4.67. The third-order valence-electron chi connectivity index (χ3n) is 2.51. The molecule has 2 rings (SSSR count). The molecule has 0 aliphatic carbocycles. The molecule has 1 aromatic rings. The zero-order valence-corrected chi connectivity index (χ0v) is 9.78. The third kappa shape index (κ3) is 1.73. The quantitative estimate of drug-likeness (QED) is 0.571. The van der Waals surface area contributed by atoms with Crippen molar-refractivity contribution in [1.82, 2.24) is 0 Å². The van der Waals surface area contributed by atoms with Gasteiger partial charge in [-0.2, -0.15) is 8.42 Å². The highest BCUT2D eigenvalue weighted by molar-refractivity contribution is 7.86. The SMILES string of the molecule is COC1(OC)Cc2ccccc2S(=O)(=O)O1. The highest BCUT2D eigenvalue weighted by Crippen LogP contribution is 2.34. The number of hydrogen-bond donors (Lipinski definition) is 0. The average molecular weight is 244 g/mol. The first-order chi connectivity index (χ1) is 7.53. The summed E-state index contributed by atoms with van der Waals surface area (Å²) < 4.78 is 38.6. The van der Waals surface area contributed by atoms with E-state index in [-0.39, 0.29) is 11.3 Å². The molecule has 16 heavy (non-hydrogen) atoms. The van der Waals surface area contributed by atoms with Crippen LogP contribution in [0.25, 0.3) is 0 Å². The molecule has 0 amide bonds. The number of methoxy groups -OCH3 is 2. The maximum Gasteiger partial charge on any atom is 0.302 e. The molecule has 0 bridgehead atoms. The van der Waals surface area contributed by atoms with Gasteiger partial charge in [-0.05, 0) is 11.6 Å². The average Bonchev–Trinajstić information content (AvgIpc) is 2.28. The van der Waals surface area contributed by atoms with E-state index in [1.165, 1.54) is 20.3 Å². The van der Waals surface area contributed by atoms with Crippen LogP contribution in [0.5, 0.6) is 0 Å². The number of rotatable bonds is 2. The fourth-order valence-corrected chi connectivity index (χ4v) is 2.99. The minimum absolute atomic E-state index is 0.166. The van der Waals surface area contributed by atoms with Gasteiger partial charge in [0.15, 0.2) is 0 Å². The Morgan fingerprint density at radius 2 is 1.88 bits per heavy atom. The van der Waals surface area contributed by atoms with Crippen LogP contribution in [0.3, 0.4) is 0 Å². The normalized spacial score (nSPS) is 21.4. The summed E-state index contributed by atoms with van der Waals surface area (Å²) in [5.41, 5.74) is 0.623. The number of hydrogen-bond acceptors (Lipinski definition) is 5. The van der Waals surface area contributed by atoms with E-state index in [0.717, 1.165) is 0 Å². The van der Waals surface area contributed by atoms with Gasteiger partial charge in [-0.25, -0.2) is 4.18 Å². The Hall–Kier alpha value is -0.950. The van der Waals surface area contributed by atoms with Gasteiger partial charge in [0.2, 0.25) is 0 Å². The lowest BCUT2D eigenvalue weighted by Crippen LogP contribution is -2.44. The molecule has 1 aromatic carbocycles. The van der Waals surface area contributed by atoms with Gasteiger partial charge < -0.3 is 9.47 Å². The van der Waals surface area contributed by atoms with Crippen LogP contribution in [-0.4, -0.2) is 28.6 Å². The van der Waals surface area contributed by atoms with Crippen LogP contribution >= 0.6 is 0 Å². The summed E-state index contributed by atoms with van der Waals surface area (Å²) in [6.07, 6.45) is 0.232. The van der Waals surface area contributed by atoms with Crippen LogP contribution in [0.2, 0.25) is 0 Å². The number of benzene rings is 1. The lowest BCUT2D eigenvalue weighted by molar-refractivity contribution is -0.321. The van der Waals surface area contributed by atoms with Gasteiger partial charge in [0.05, 0.1) is 11.3 Å². The summed E-state index contributed by atoms with van der Waals surface area (Å²) in [6.45, 7) is 0. The monoisotopic (exact) mass is 244 g/mol. The van der Waals surface area contributed by atoms with E-state index in [1.54, 1.807) is 18.2 Å². The van der Waals surface area contributed by atoms with Crippen molar-refractivity contribution in [3.8, 4) is 0 Å². The second kappa shape index (κ2) is 3.81. The molecule has 5 nitrogen and oxygen atoms in total. The van der Waals surface area contributed by atoms with Gasteiger partial charge in [0.25, 0.3) is 0 Å². The molecule has 1 aliphatic heterocycles. The van der Waals surface area contributed by atoms with E-state index in [9.17, 15) is 8.42 Å². The van der Waals surface area contributed by atoms with Crippen molar-refractivity contribution in [2.45, 2.75) is 17.3 Å². The van der Waals surface area contributed by atoms with Crippen LogP contribution in [0.1, 0.15) is 5.56 Å². The van der Waals surface area contributed by atoms with E-state index >= 15 is 0 Å². The molecular formula is C10H12O5S. The Labute approximate surface area is 94.1 Å². The Morgan fingerprint density at radius 3 is 2.50 bits per heavy atom. The van der Waals surface area contributed by atoms with Crippen molar-refractivity contribution >= 4 is 10.1 Å². The lowest BCUT2D eigenvalue weighted by atomic mass is 10.1. The van der Waals surface area contributed by atoms with Gasteiger partial charge in [-0.3, -0.25) is 0 Å². The molecule has 0 saturated carbocycles. The highest BCUT2D eigenvalue weighted by Gasteiger charge is 2.44. The van der Waals surface area contributed by atoms with Crippen molar-refractivity contribution in [3.63, 3.8) is 0 Å². The minimum Gasteiger partial charge on any atom is -0.330 e. The molecule has 1 heterocycles. The second-order valence-corrected chi connectivity index (χ2v) is 4.93. The van der Waals surface area contributed by atoms with Crippen LogP contribution in [-0.2, 0) is 30.2 Å². The van der Waals surface area contributed by atoms with Gasteiger partial charge >= 0.3 is 16.1 Å². The van der Waals surface area contributed by atoms with Gasteiger partial charge in [0, 0.05) is 14.2 Å². The standard InChI is InChI=1S/C10H12O5S/c1-13-10(14-2)7-8-5-3-4-6-9(8)16(11,12)15-10/h3-6H,7H2,1-2H3. The van der Waals surface area contributed by atoms with Gasteiger partial charge in [0.1, 0.15) is 0 Å². The Balaban J connectivity index is 2.56. The predicted molar refractivity (Wildman–Crippen MR) is 55.2 cm³/mol. The van der Waals surface area contributed by atoms with Gasteiger partial charge in [-0.1, -0.05) is 18.2 Å². The lowest BCUT2D eigenvalue weighted by Gasteiger charge is -2.33. The van der Waals surface area contributed by atoms with Crippen molar-refractivity contribution in [3.05, 3.63) is 29.8 Å². The van der Waals surface area contributed by atoms with Crippen LogP contribution in [0.15, 0.2) is 29.2 Å². The molecule has 0 atom stereocenters. The smallest absolute Gasteiger partial charge is 0.302 e. The molecule has 0 spiro atoms. The molecule has 6 heteroatoms. The molecule has 0 aromatic heterocycles. The molecule has 0 saturated heterocycles. The topological polar surface area (TPSA) is 61.8 Å². The predicted octanol–water partition coefficient (Wildman–Crippen LogP) is 0.895. The summed E-state index contributed by atoms with van der Waals surface area (Å²) in [5.74, 6) is -1.55. The number of ether oxygens (including phenoxy) is 2. The zero-order chi connectivity index (χ0) is 11.8. The van der Waals surface area contributed by atoms with Crippen molar-refractivity contribution < 1.29 is 22.1 Å². The maximum atomic E-state index is 11.8. The Morgan fingerprint density at radius 1 is 1.25 bits per heavy atom. The zero-order valence-electron chi connectivity index (χ0n) is 8.97. The maximum absolute atomic E-state index is 11.8. The first-order valence-corrected chi connectivity index (χ1v) is 6.08. The van der Waals surface area contributed by atoms with Crippen LogP contribution in [0, 0.1) is 0 Å². The third-order valence-corrected chi connectivity index (χ3v) is 3.92. The summed E-state index contributed by atoms with van der Waals surface area (Å²) in [5, 5.41) is 0. The molecule has 0 N–H and O–H groups in total. The molecule has 0 radical (unpaired) electrons. The van der Waals surface area contributed by atoms with E-state index in [0.29, 0.717) is 5.56 Å². The Bertz CT molecular complexity index is 490. The van der Waals surface area contributed by atoms with Crippen LogP contribution < -0.4 is 0 Å². The van der Waals surface area contributed by atoms with E-state index in [1.807, 2.05) is 0 Å². The largest absolute Gasteiger partial charge is 0.330 e. The first kappa shape index (κ1) is 11.5. The van der Waals surface area contributed by atoms with Crippen molar-refractivity contribution in [1.29, 1.82) is 0 Å². The van der Waals surface area contributed by atoms with E-state index < -0.39 is 16.1 Å². The molecule has 0 fully saturated rings. The summed E-state index contributed by atoms with van der Waals surface area (Å²) in [7, 11) is -1.14. The fraction of sp³-hybridized carbons (Fsp3) is 0.400. The summed E-state index contributed by atoms with van der Waals surface area (Å²) in [4.78, 5) is 0.166. The van der Waals surface area contributed by atoms with E-state index in [4.69, 9.17) is 13.7 Å². The highest BCUT2D eigenvalue weighted by atomic mass is 32.2. The van der Waals surface area contributed by atoms with Gasteiger partial charge in [-0.15, -0.1) is 0 Å². The summed E-state index contributed by atoms with van der Waals surface area (Å²) in [6, 6.07) is 6.62. The van der Waals surface area contributed by atoms with E-state index in [2.05, 4.69) is 0 Å².